The quantitative estimate of drug-likeness (QED) is 0.348. The molecule has 0 aliphatic rings. The normalized spacial score (nSPS) is 11.5. The van der Waals surface area contributed by atoms with Gasteiger partial charge >= 0.3 is 0 Å². The summed E-state index contributed by atoms with van der Waals surface area (Å²) in [4.78, 5) is 23.5. The van der Waals surface area contributed by atoms with Crippen LogP contribution in [0.4, 0.5) is 11.4 Å². The van der Waals surface area contributed by atoms with Gasteiger partial charge in [-0.15, -0.1) is 0 Å². The van der Waals surface area contributed by atoms with E-state index in [0.717, 1.165) is 18.3 Å². The number of rotatable bonds is 4. The van der Waals surface area contributed by atoms with Gasteiger partial charge in [0.05, 0.1) is 27.7 Å². The minimum Gasteiger partial charge on any atom is -0.369 e. The Morgan fingerprint density at radius 3 is 2.58 bits per heavy atom. The molecule has 1 aromatic carbocycles. The molecule has 0 saturated heterocycles. The highest BCUT2D eigenvalue weighted by Crippen LogP contribution is 2.23. The van der Waals surface area contributed by atoms with Gasteiger partial charge in [-0.05, 0) is 6.07 Å². The predicted molar refractivity (Wildman–Crippen MR) is 68.0 cm³/mol. The first kappa shape index (κ1) is 14.0. The molecule has 10 nitrogen and oxygen atoms in total. The standard InChI is InChI=1S/C9H10N6O4/c1-11-9(10)13-12-5-6-2-3-7(14(16)17)4-8(6)15(18)19/h2-5H,1H3,(H3,10,11,13). The SMILES string of the molecule is CN=C(N)NN=Cc1ccc([N+](=O)[O-])cc1[N+](=O)[O-]. The highest BCUT2D eigenvalue weighted by molar-refractivity contribution is 5.87. The van der Waals surface area contributed by atoms with E-state index in [1.807, 2.05) is 0 Å². The Kier molecular flexibility index (Phi) is 4.46. The number of hydrazone groups is 1. The van der Waals surface area contributed by atoms with E-state index < -0.39 is 15.5 Å². The average Bonchev–Trinajstić information content (AvgIpc) is 2.38. The van der Waals surface area contributed by atoms with Gasteiger partial charge in [-0.2, -0.15) is 5.10 Å². The van der Waals surface area contributed by atoms with Gasteiger partial charge in [-0.1, -0.05) is 0 Å². The van der Waals surface area contributed by atoms with Crippen LogP contribution in [0.2, 0.25) is 0 Å². The summed E-state index contributed by atoms with van der Waals surface area (Å²) in [6.45, 7) is 0. The number of aliphatic imine (C=N–C) groups is 1. The van der Waals surface area contributed by atoms with E-state index in [4.69, 9.17) is 5.73 Å². The second-order valence-corrected chi connectivity index (χ2v) is 3.24. The van der Waals surface area contributed by atoms with Crippen molar-refractivity contribution in [3.63, 3.8) is 0 Å². The van der Waals surface area contributed by atoms with Crippen molar-refractivity contribution in [3.05, 3.63) is 44.0 Å². The fourth-order valence-corrected chi connectivity index (χ4v) is 1.13. The van der Waals surface area contributed by atoms with Gasteiger partial charge < -0.3 is 5.73 Å². The maximum Gasteiger partial charge on any atom is 0.285 e. The lowest BCUT2D eigenvalue weighted by molar-refractivity contribution is -0.394. The summed E-state index contributed by atoms with van der Waals surface area (Å²) >= 11 is 0. The van der Waals surface area contributed by atoms with Gasteiger partial charge in [0, 0.05) is 13.1 Å². The van der Waals surface area contributed by atoms with E-state index in [1.165, 1.54) is 13.1 Å². The molecule has 0 bridgehead atoms. The highest BCUT2D eigenvalue weighted by Gasteiger charge is 2.18. The molecule has 0 aliphatic carbocycles. The maximum atomic E-state index is 10.8. The summed E-state index contributed by atoms with van der Waals surface area (Å²) in [5.74, 6) is 0.0285. The lowest BCUT2D eigenvalue weighted by Gasteiger charge is -1.98. The minimum absolute atomic E-state index is 0.0285. The van der Waals surface area contributed by atoms with Gasteiger partial charge in [-0.25, -0.2) is 5.43 Å². The molecule has 10 heteroatoms. The number of nitrogens with two attached hydrogens (primary N) is 1. The molecular weight excluding hydrogens is 256 g/mol. The molecule has 19 heavy (non-hydrogen) atoms. The molecule has 0 atom stereocenters. The molecular formula is C9H10N6O4. The lowest BCUT2D eigenvalue weighted by Crippen LogP contribution is -2.26. The molecule has 100 valence electrons. The van der Waals surface area contributed by atoms with Crippen LogP contribution >= 0.6 is 0 Å². The minimum atomic E-state index is -0.731. The Hall–Kier alpha value is -3.04. The van der Waals surface area contributed by atoms with Crippen molar-refractivity contribution >= 4 is 23.5 Å². The smallest absolute Gasteiger partial charge is 0.285 e. The average molecular weight is 266 g/mol. The zero-order valence-corrected chi connectivity index (χ0v) is 9.81. The molecule has 0 saturated carbocycles. The van der Waals surface area contributed by atoms with Crippen molar-refractivity contribution in [3.8, 4) is 0 Å². The number of nitrogens with one attached hydrogen (secondary N) is 1. The van der Waals surface area contributed by atoms with Crippen LogP contribution < -0.4 is 11.2 Å². The van der Waals surface area contributed by atoms with Crippen LogP contribution in [-0.4, -0.2) is 29.1 Å². The Balaban J connectivity index is 3.07. The number of nitro benzene ring substituents is 2. The first-order valence-corrected chi connectivity index (χ1v) is 4.90. The summed E-state index contributed by atoms with van der Waals surface area (Å²) in [7, 11) is 1.44. The van der Waals surface area contributed by atoms with Crippen LogP contribution in [0.1, 0.15) is 5.56 Å². The molecule has 0 radical (unpaired) electrons. The second kappa shape index (κ2) is 6.05. The lowest BCUT2D eigenvalue weighted by atomic mass is 10.2. The number of nitro groups is 2. The third kappa shape index (κ3) is 3.73. The van der Waals surface area contributed by atoms with Crippen molar-refractivity contribution in [1.29, 1.82) is 0 Å². The van der Waals surface area contributed by atoms with Gasteiger partial charge in [0.15, 0.2) is 0 Å². The van der Waals surface area contributed by atoms with E-state index in [-0.39, 0.29) is 17.2 Å². The van der Waals surface area contributed by atoms with Crippen molar-refractivity contribution in [2.45, 2.75) is 0 Å². The van der Waals surface area contributed by atoms with E-state index in [1.54, 1.807) is 0 Å². The van der Waals surface area contributed by atoms with Crippen molar-refractivity contribution < 1.29 is 9.85 Å². The molecule has 0 aliphatic heterocycles. The molecule has 0 amide bonds. The molecule has 0 spiro atoms. The van der Waals surface area contributed by atoms with Crippen molar-refractivity contribution in [1.82, 2.24) is 5.43 Å². The predicted octanol–water partition coefficient (Wildman–Crippen LogP) is 0.371. The molecule has 3 N–H and O–H groups in total. The Labute approximate surface area is 106 Å². The number of nitrogens with zero attached hydrogens (tertiary/aromatic N) is 4. The van der Waals surface area contributed by atoms with Crippen LogP contribution in [0.15, 0.2) is 28.3 Å². The number of hydrogen-bond donors (Lipinski definition) is 2. The Bertz CT molecular complexity index is 568. The Morgan fingerprint density at radius 2 is 2.05 bits per heavy atom. The third-order valence-corrected chi connectivity index (χ3v) is 2.05. The summed E-state index contributed by atoms with van der Waals surface area (Å²) in [6.07, 6.45) is 1.12. The van der Waals surface area contributed by atoms with Crippen LogP contribution in [0.3, 0.4) is 0 Å². The molecule has 1 aromatic rings. The monoisotopic (exact) mass is 266 g/mol. The van der Waals surface area contributed by atoms with Gasteiger partial charge in [0.2, 0.25) is 5.96 Å². The van der Waals surface area contributed by atoms with Crippen LogP contribution in [0.25, 0.3) is 0 Å². The topological polar surface area (TPSA) is 149 Å². The molecule has 0 unspecified atom stereocenters. The maximum absolute atomic E-state index is 10.8. The number of hydrogen-bond acceptors (Lipinski definition) is 6. The zero-order chi connectivity index (χ0) is 14.4. The largest absolute Gasteiger partial charge is 0.369 e. The molecule has 1 rings (SSSR count). The summed E-state index contributed by atoms with van der Waals surface area (Å²) in [6, 6.07) is 3.23. The fourth-order valence-electron chi connectivity index (χ4n) is 1.13. The Morgan fingerprint density at radius 1 is 1.37 bits per heavy atom. The third-order valence-electron chi connectivity index (χ3n) is 2.05. The van der Waals surface area contributed by atoms with Gasteiger partial charge in [0.1, 0.15) is 0 Å². The summed E-state index contributed by atoms with van der Waals surface area (Å²) < 4.78 is 0. The van der Waals surface area contributed by atoms with E-state index in [2.05, 4.69) is 15.5 Å². The van der Waals surface area contributed by atoms with Crippen molar-refractivity contribution in [2.24, 2.45) is 15.8 Å². The molecule has 0 aromatic heterocycles. The van der Waals surface area contributed by atoms with Gasteiger partial charge in [-0.3, -0.25) is 25.2 Å². The number of benzene rings is 1. The highest BCUT2D eigenvalue weighted by atomic mass is 16.6. The van der Waals surface area contributed by atoms with E-state index >= 15 is 0 Å². The van der Waals surface area contributed by atoms with E-state index in [0.29, 0.717) is 0 Å². The fraction of sp³-hybridized carbons (Fsp3) is 0.111. The van der Waals surface area contributed by atoms with E-state index in [9.17, 15) is 20.2 Å². The van der Waals surface area contributed by atoms with Crippen molar-refractivity contribution in [2.75, 3.05) is 7.05 Å². The van der Waals surface area contributed by atoms with Crippen LogP contribution in [0, 0.1) is 20.2 Å². The second-order valence-electron chi connectivity index (χ2n) is 3.24. The first-order valence-electron chi connectivity index (χ1n) is 4.90. The summed E-state index contributed by atoms with van der Waals surface area (Å²) in [5, 5.41) is 25.0. The van der Waals surface area contributed by atoms with Crippen LogP contribution in [0.5, 0.6) is 0 Å². The summed E-state index contributed by atoms with van der Waals surface area (Å²) in [5.41, 5.74) is 6.94. The zero-order valence-electron chi connectivity index (χ0n) is 9.81. The number of non-ortho nitro benzene ring substituents is 1. The molecule has 0 fully saturated rings. The number of guanidine groups is 1. The van der Waals surface area contributed by atoms with Crippen LogP contribution in [-0.2, 0) is 0 Å². The van der Waals surface area contributed by atoms with Gasteiger partial charge in [0.25, 0.3) is 11.4 Å². The molecule has 0 heterocycles. The first-order chi connectivity index (χ1) is 8.95.